The second kappa shape index (κ2) is 7.56. The Morgan fingerprint density at radius 2 is 2.18 bits per heavy atom. The van der Waals surface area contributed by atoms with E-state index in [4.69, 9.17) is 9.47 Å². The van der Waals surface area contributed by atoms with Crippen LogP contribution in [-0.2, 0) is 0 Å². The number of ether oxygens (including phenoxy) is 2. The number of nitrogens with one attached hydrogen (secondary N) is 1. The molecule has 1 N–H and O–H groups in total. The summed E-state index contributed by atoms with van der Waals surface area (Å²) in [5, 5.41) is 3.15. The topological polar surface area (TPSA) is 30.5 Å². The Morgan fingerprint density at radius 1 is 1.41 bits per heavy atom. The highest BCUT2D eigenvalue weighted by Crippen LogP contribution is 2.30. The minimum atomic E-state index is 0.203. The van der Waals surface area contributed by atoms with Crippen LogP contribution >= 0.6 is 15.9 Å². The Labute approximate surface area is 112 Å². The van der Waals surface area contributed by atoms with Gasteiger partial charge in [0.25, 0.3) is 0 Å². The first-order valence-electron chi connectivity index (χ1n) is 5.86. The molecule has 0 aromatic heterocycles. The van der Waals surface area contributed by atoms with Crippen molar-refractivity contribution in [1.29, 1.82) is 0 Å². The number of hydrogen-bond donors (Lipinski definition) is 1. The Kier molecular flexibility index (Phi) is 6.37. The standard InChI is InChI=1S/C13H20BrNO2/c1-4-5-11(9-15-2)17-13-7-6-10(16-3)8-12(13)14/h6-8,11,15H,4-5,9H2,1-3H3. The van der Waals surface area contributed by atoms with Gasteiger partial charge < -0.3 is 14.8 Å². The van der Waals surface area contributed by atoms with E-state index in [-0.39, 0.29) is 6.10 Å². The molecule has 0 spiro atoms. The molecular weight excluding hydrogens is 282 g/mol. The zero-order valence-corrected chi connectivity index (χ0v) is 12.2. The molecule has 0 radical (unpaired) electrons. The summed E-state index contributed by atoms with van der Waals surface area (Å²) in [5.41, 5.74) is 0. The second-order valence-corrected chi connectivity index (χ2v) is 4.74. The maximum atomic E-state index is 5.96. The highest BCUT2D eigenvalue weighted by atomic mass is 79.9. The Hall–Kier alpha value is -0.740. The van der Waals surface area contributed by atoms with E-state index >= 15 is 0 Å². The molecule has 0 bridgehead atoms. The predicted octanol–water partition coefficient (Wildman–Crippen LogP) is 3.22. The summed E-state index contributed by atoms with van der Waals surface area (Å²) >= 11 is 3.49. The van der Waals surface area contributed by atoms with Gasteiger partial charge in [-0.05, 0) is 47.6 Å². The van der Waals surface area contributed by atoms with Gasteiger partial charge in [-0.1, -0.05) is 13.3 Å². The summed E-state index contributed by atoms with van der Waals surface area (Å²) in [5.74, 6) is 1.68. The number of benzene rings is 1. The lowest BCUT2D eigenvalue weighted by Crippen LogP contribution is -2.29. The molecule has 96 valence electrons. The van der Waals surface area contributed by atoms with Crippen LogP contribution in [0.15, 0.2) is 22.7 Å². The van der Waals surface area contributed by atoms with Crippen LogP contribution < -0.4 is 14.8 Å². The zero-order chi connectivity index (χ0) is 12.7. The van der Waals surface area contributed by atoms with Gasteiger partial charge in [0.2, 0.25) is 0 Å². The predicted molar refractivity (Wildman–Crippen MR) is 73.9 cm³/mol. The summed E-state index contributed by atoms with van der Waals surface area (Å²) in [6.45, 7) is 3.02. The molecule has 0 aliphatic rings. The molecule has 0 amide bonds. The lowest BCUT2D eigenvalue weighted by Gasteiger charge is -2.19. The largest absolute Gasteiger partial charge is 0.497 e. The van der Waals surface area contributed by atoms with Gasteiger partial charge in [0.1, 0.15) is 17.6 Å². The van der Waals surface area contributed by atoms with Crippen molar-refractivity contribution in [3.63, 3.8) is 0 Å². The number of hydrogen-bond acceptors (Lipinski definition) is 3. The number of rotatable bonds is 7. The molecule has 0 saturated carbocycles. The molecule has 0 aliphatic heterocycles. The highest BCUT2D eigenvalue weighted by Gasteiger charge is 2.11. The lowest BCUT2D eigenvalue weighted by molar-refractivity contribution is 0.188. The Morgan fingerprint density at radius 3 is 2.71 bits per heavy atom. The molecule has 0 saturated heterocycles. The van der Waals surface area contributed by atoms with Crippen molar-refractivity contribution in [2.75, 3.05) is 20.7 Å². The van der Waals surface area contributed by atoms with Crippen LogP contribution in [0.3, 0.4) is 0 Å². The molecule has 0 heterocycles. The molecule has 4 heteroatoms. The molecule has 3 nitrogen and oxygen atoms in total. The summed E-state index contributed by atoms with van der Waals surface area (Å²) in [6, 6.07) is 5.75. The van der Waals surface area contributed by atoms with E-state index < -0.39 is 0 Å². The summed E-state index contributed by atoms with van der Waals surface area (Å²) in [7, 11) is 3.60. The summed E-state index contributed by atoms with van der Waals surface area (Å²) in [6.07, 6.45) is 2.36. The fourth-order valence-corrected chi connectivity index (χ4v) is 2.09. The van der Waals surface area contributed by atoms with E-state index in [1.807, 2.05) is 25.2 Å². The van der Waals surface area contributed by atoms with Crippen LogP contribution in [0.25, 0.3) is 0 Å². The Balaban J connectivity index is 2.71. The van der Waals surface area contributed by atoms with Crippen LogP contribution in [0.5, 0.6) is 11.5 Å². The number of halogens is 1. The van der Waals surface area contributed by atoms with Crippen molar-refractivity contribution in [2.24, 2.45) is 0 Å². The molecule has 0 aliphatic carbocycles. The fourth-order valence-electron chi connectivity index (χ4n) is 1.64. The van der Waals surface area contributed by atoms with Crippen LogP contribution in [0, 0.1) is 0 Å². The first-order chi connectivity index (χ1) is 8.21. The normalized spacial score (nSPS) is 12.2. The molecule has 1 unspecified atom stereocenters. The van der Waals surface area contributed by atoms with Gasteiger partial charge >= 0.3 is 0 Å². The van der Waals surface area contributed by atoms with Gasteiger partial charge in [-0.3, -0.25) is 0 Å². The molecule has 0 fully saturated rings. The van der Waals surface area contributed by atoms with Crippen molar-refractivity contribution in [2.45, 2.75) is 25.9 Å². The summed E-state index contributed by atoms with van der Waals surface area (Å²) < 4.78 is 12.0. The quantitative estimate of drug-likeness (QED) is 0.839. The molecule has 1 aromatic carbocycles. The molecule has 1 rings (SSSR count). The van der Waals surface area contributed by atoms with Gasteiger partial charge in [0.15, 0.2) is 0 Å². The van der Waals surface area contributed by atoms with Crippen molar-refractivity contribution in [3.05, 3.63) is 22.7 Å². The Bertz CT molecular complexity index is 338. The molecular formula is C13H20BrNO2. The van der Waals surface area contributed by atoms with Gasteiger partial charge in [-0.2, -0.15) is 0 Å². The fraction of sp³-hybridized carbons (Fsp3) is 0.538. The van der Waals surface area contributed by atoms with Crippen molar-refractivity contribution in [1.82, 2.24) is 5.32 Å². The van der Waals surface area contributed by atoms with Crippen LogP contribution in [0.4, 0.5) is 0 Å². The minimum Gasteiger partial charge on any atom is -0.497 e. The summed E-state index contributed by atoms with van der Waals surface area (Å²) in [4.78, 5) is 0. The van der Waals surface area contributed by atoms with Crippen molar-refractivity contribution < 1.29 is 9.47 Å². The third-order valence-electron chi connectivity index (χ3n) is 2.48. The van der Waals surface area contributed by atoms with Gasteiger partial charge in [0, 0.05) is 6.54 Å². The van der Waals surface area contributed by atoms with E-state index in [2.05, 4.69) is 28.2 Å². The monoisotopic (exact) mass is 301 g/mol. The average molecular weight is 302 g/mol. The SMILES string of the molecule is CCCC(CNC)Oc1ccc(OC)cc1Br. The molecule has 1 atom stereocenters. The second-order valence-electron chi connectivity index (χ2n) is 3.88. The highest BCUT2D eigenvalue weighted by molar-refractivity contribution is 9.10. The average Bonchev–Trinajstić information content (AvgIpc) is 2.32. The first-order valence-corrected chi connectivity index (χ1v) is 6.65. The third kappa shape index (κ3) is 4.56. The van der Waals surface area contributed by atoms with Crippen LogP contribution in [-0.4, -0.2) is 26.8 Å². The maximum Gasteiger partial charge on any atom is 0.134 e. The van der Waals surface area contributed by atoms with Gasteiger partial charge in [-0.15, -0.1) is 0 Å². The van der Waals surface area contributed by atoms with Crippen LogP contribution in [0.1, 0.15) is 19.8 Å². The maximum absolute atomic E-state index is 5.96. The zero-order valence-electron chi connectivity index (χ0n) is 10.6. The smallest absolute Gasteiger partial charge is 0.134 e. The van der Waals surface area contributed by atoms with Gasteiger partial charge in [-0.25, -0.2) is 0 Å². The van der Waals surface area contributed by atoms with Crippen molar-refractivity contribution >= 4 is 15.9 Å². The first kappa shape index (κ1) is 14.3. The number of likely N-dealkylation sites (N-methyl/N-ethyl adjacent to an activating group) is 1. The minimum absolute atomic E-state index is 0.203. The van der Waals surface area contributed by atoms with E-state index in [0.717, 1.165) is 35.4 Å². The third-order valence-corrected chi connectivity index (χ3v) is 3.09. The van der Waals surface area contributed by atoms with E-state index in [9.17, 15) is 0 Å². The van der Waals surface area contributed by atoms with Crippen LogP contribution in [0.2, 0.25) is 0 Å². The van der Waals surface area contributed by atoms with Gasteiger partial charge in [0.05, 0.1) is 11.6 Å². The molecule has 17 heavy (non-hydrogen) atoms. The lowest BCUT2D eigenvalue weighted by atomic mass is 10.2. The van der Waals surface area contributed by atoms with Crippen molar-refractivity contribution in [3.8, 4) is 11.5 Å². The van der Waals surface area contributed by atoms with E-state index in [1.54, 1.807) is 7.11 Å². The molecule has 1 aromatic rings. The van der Waals surface area contributed by atoms with E-state index in [0.29, 0.717) is 0 Å². The number of methoxy groups -OCH3 is 1. The van der Waals surface area contributed by atoms with E-state index in [1.165, 1.54) is 0 Å².